The van der Waals surface area contributed by atoms with Crippen molar-refractivity contribution < 1.29 is 14.6 Å². The smallest absolute Gasteiger partial charge is 0.257 e. The molecule has 1 aromatic rings. The number of Topliss-reactive ketones (excluding diaryl/α,β-unsaturated/α-hetero) is 1. The van der Waals surface area contributed by atoms with Gasteiger partial charge in [0.1, 0.15) is 5.75 Å². The normalized spacial score (nSPS) is 12.1. The van der Waals surface area contributed by atoms with Crippen molar-refractivity contribution in [3.63, 3.8) is 0 Å². The van der Waals surface area contributed by atoms with Crippen LogP contribution in [0.1, 0.15) is 77.6 Å². The molecule has 1 atom stereocenters. The fourth-order valence-corrected chi connectivity index (χ4v) is 2.60. The Hall–Kier alpha value is -1.35. The van der Waals surface area contributed by atoms with Crippen LogP contribution in [0.4, 0.5) is 0 Å². The lowest BCUT2D eigenvalue weighted by molar-refractivity contribution is -0.141. The summed E-state index contributed by atoms with van der Waals surface area (Å²) in [5, 5.41) is 9.74. The summed E-state index contributed by atoms with van der Waals surface area (Å²) in [5.41, 5.74) is 0. The van der Waals surface area contributed by atoms with Gasteiger partial charge in [-0.15, -0.1) is 0 Å². The molecule has 1 aromatic carbocycles. The van der Waals surface area contributed by atoms with Gasteiger partial charge in [-0.1, -0.05) is 82.9 Å². The molecule has 130 valence electrons. The van der Waals surface area contributed by atoms with Gasteiger partial charge in [0, 0.05) is 6.42 Å². The van der Waals surface area contributed by atoms with Gasteiger partial charge in [-0.25, -0.2) is 0 Å². The summed E-state index contributed by atoms with van der Waals surface area (Å²) >= 11 is 0. The lowest BCUT2D eigenvalue weighted by Gasteiger charge is -2.12. The molecule has 0 bridgehead atoms. The molecule has 0 fully saturated rings. The molecule has 0 aliphatic rings. The third-order valence-electron chi connectivity index (χ3n) is 4.04. The van der Waals surface area contributed by atoms with Crippen LogP contribution in [0, 0.1) is 0 Å². The Morgan fingerprint density at radius 2 is 1.43 bits per heavy atom. The van der Waals surface area contributed by atoms with Crippen molar-refractivity contribution in [3.8, 4) is 5.75 Å². The molecule has 1 unspecified atom stereocenters. The fourth-order valence-electron chi connectivity index (χ4n) is 2.60. The average molecular weight is 320 g/mol. The van der Waals surface area contributed by atoms with Crippen molar-refractivity contribution in [3.05, 3.63) is 30.3 Å². The van der Waals surface area contributed by atoms with Crippen LogP contribution >= 0.6 is 0 Å². The van der Waals surface area contributed by atoms with E-state index in [2.05, 4.69) is 6.92 Å². The molecule has 23 heavy (non-hydrogen) atoms. The van der Waals surface area contributed by atoms with E-state index in [1.807, 2.05) is 18.2 Å². The number of unbranched alkanes of at least 4 members (excludes halogenated alkanes) is 9. The third kappa shape index (κ3) is 10.1. The topological polar surface area (TPSA) is 46.5 Å². The van der Waals surface area contributed by atoms with Crippen molar-refractivity contribution in [2.75, 3.05) is 0 Å². The zero-order valence-electron chi connectivity index (χ0n) is 14.5. The van der Waals surface area contributed by atoms with Crippen LogP contribution < -0.4 is 4.74 Å². The van der Waals surface area contributed by atoms with Crippen LogP contribution in [-0.4, -0.2) is 17.2 Å². The summed E-state index contributed by atoms with van der Waals surface area (Å²) in [6, 6.07) is 8.96. The first-order valence-electron chi connectivity index (χ1n) is 9.16. The van der Waals surface area contributed by atoms with Crippen molar-refractivity contribution >= 4 is 5.78 Å². The van der Waals surface area contributed by atoms with Gasteiger partial charge in [-0.2, -0.15) is 0 Å². The van der Waals surface area contributed by atoms with E-state index in [1.165, 1.54) is 51.4 Å². The standard InChI is InChI=1S/C20H32O3/c1-2-3-4-5-6-7-8-9-10-14-17-19(21)20(22)23-18-15-12-11-13-16-18/h11-13,15-16,20,22H,2-10,14,17H2,1H3. The van der Waals surface area contributed by atoms with Gasteiger partial charge in [0.2, 0.25) is 5.78 Å². The molecular weight excluding hydrogens is 288 g/mol. The second-order valence-electron chi connectivity index (χ2n) is 6.18. The van der Waals surface area contributed by atoms with Crippen LogP contribution in [-0.2, 0) is 4.79 Å². The van der Waals surface area contributed by atoms with E-state index in [0.29, 0.717) is 12.2 Å². The summed E-state index contributed by atoms with van der Waals surface area (Å²) in [6.07, 6.45) is 11.4. The number of para-hydroxylation sites is 1. The number of rotatable bonds is 14. The molecular formula is C20H32O3. The first kappa shape index (κ1) is 19.7. The number of ketones is 1. The number of ether oxygens (including phenoxy) is 1. The van der Waals surface area contributed by atoms with Gasteiger partial charge in [0.15, 0.2) is 0 Å². The predicted molar refractivity (Wildman–Crippen MR) is 94.5 cm³/mol. The maximum Gasteiger partial charge on any atom is 0.257 e. The first-order valence-corrected chi connectivity index (χ1v) is 9.16. The molecule has 0 saturated carbocycles. The highest BCUT2D eigenvalue weighted by Crippen LogP contribution is 2.14. The van der Waals surface area contributed by atoms with Gasteiger partial charge in [0.25, 0.3) is 6.29 Å². The zero-order chi connectivity index (χ0) is 16.8. The van der Waals surface area contributed by atoms with E-state index in [1.54, 1.807) is 12.1 Å². The Bertz CT molecular complexity index is 403. The number of hydrogen-bond donors (Lipinski definition) is 1. The molecule has 0 radical (unpaired) electrons. The third-order valence-corrected chi connectivity index (χ3v) is 4.04. The van der Waals surface area contributed by atoms with Crippen LogP contribution in [0.2, 0.25) is 0 Å². The largest absolute Gasteiger partial charge is 0.458 e. The molecule has 0 aliphatic carbocycles. The molecule has 0 amide bonds. The molecule has 0 heterocycles. The van der Waals surface area contributed by atoms with E-state index < -0.39 is 6.29 Å². The highest BCUT2D eigenvalue weighted by atomic mass is 16.6. The SMILES string of the molecule is CCCCCCCCCCCCC(=O)C(O)Oc1ccccc1. The van der Waals surface area contributed by atoms with E-state index in [9.17, 15) is 9.90 Å². The maximum atomic E-state index is 11.8. The van der Waals surface area contributed by atoms with E-state index >= 15 is 0 Å². The number of aliphatic hydroxyl groups excluding tert-OH is 1. The van der Waals surface area contributed by atoms with Crippen LogP contribution in [0.3, 0.4) is 0 Å². The number of carbonyl (C=O) groups excluding carboxylic acids is 1. The van der Waals surface area contributed by atoms with Crippen molar-refractivity contribution in [1.82, 2.24) is 0 Å². The van der Waals surface area contributed by atoms with Crippen LogP contribution in [0.5, 0.6) is 5.75 Å². The Balaban J connectivity index is 1.97. The van der Waals surface area contributed by atoms with Gasteiger partial charge in [-0.3, -0.25) is 4.79 Å². The minimum atomic E-state index is -1.34. The highest BCUT2D eigenvalue weighted by Gasteiger charge is 2.15. The Labute approximate surface area is 141 Å². The minimum Gasteiger partial charge on any atom is -0.458 e. The van der Waals surface area contributed by atoms with Gasteiger partial charge < -0.3 is 9.84 Å². The number of benzene rings is 1. The molecule has 3 heteroatoms. The average Bonchev–Trinajstić information content (AvgIpc) is 2.57. The van der Waals surface area contributed by atoms with Gasteiger partial charge in [-0.05, 0) is 18.6 Å². The quantitative estimate of drug-likeness (QED) is 0.375. The van der Waals surface area contributed by atoms with E-state index in [-0.39, 0.29) is 5.78 Å². The number of carbonyl (C=O) groups is 1. The van der Waals surface area contributed by atoms with Crippen molar-refractivity contribution in [2.24, 2.45) is 0 Å². The number of aliphatic hydroxyl groups is 1. The van der Waals surface area contributed by atoms with Crippen molar-refractivity contribution in [1.29, 1.82) is 0 Å². The predicted octanol–water partition coefficient (Wildman–Crippen LogP) is 5.26. The Morgan fingerprint density at radius 3 is 2.00 bits per heavy atom. The Morgan fingerprint density at radius 1 is 0.913 bits per heavy atom. The lowest BCUT2D eigenvalue weighted by Crippen LogP contribution is -2.26. The highest BCUT2D eigenvalue weighted by molar-refractivity contribution is 5.81. The molecule has 0 saturated heterocycles. The van der Waals surface area contributed by atoms with Gasteiger partial charge >= 0.3 is 0 Å². The van der Waals surface area contributed by atoms with E-state index in [4.69, 9.17) is 4.74 Å². The molecule has 0 aliphatic heterocycles. The first-order chi connectivity index (χ1) is 11.2. The van der Waals surface area contributed by atoms with E-state index in [0.717, 1.165) is 12.8 Å². The summed E-state index contributed by atoms with van der Waals surface area (Å²) in [4.78, 5) is 11.8. The minimum absolute atomic E-state index is 0.228. The summed E-state index contributed by atoms with van der Waals surface area (Å²) in [7, 11) is 0. The van der Waals surface area contributed by atoms with Crippen LogP contribution in [0.25, 0.3) is 0 Å². The second-order valence-corrected chi connectivity index (χ2v) is 6.18. The second kappa shape index (κ2) is 13.1. The maximum absolute atomic E-state index is 11.8. The zero-order valence-corrected chi connectivity index (χ0v) is 14.5. The summed E-state index contributed by atoms with van der Waals surface area (Å²) in [5.74, 6) is 0.296. The molecule has 0 spiro atoms. The fraction of sp³-hybridized carbons (Fsp3) is 0.650. The number of hydrogen-bond acceptors (Lipinski definition) is 3. The molecule has 1 rings (SSSR count). The van der Waals surface area contributed by atoms with Crippen molar-refractivity contribution in [2.45, 2.75) is 83.8 Å². The molecule has 0 aromatic heterocycles. The summed E-state index contributed by atoms with van der Waals surface area (Å²) in [6.45, 7) is 2.24. The monoisotopic (exact) mass is 320 g/mol. The molecule has 1 N–H and O–H groups in total. The summed E-state index contributed by atoms with van der Waals surface area (Å²) < 4.78 is 5.22. The van der Waals surface area contributed by atoms with Gasteiger partial charge in [0.05, 0.1) is 0 Å². The van der Waals surface area contributed by atoms with Crippen LogP contribution in [0.15, 0.2) is 30.3 Å². The lowest BCUT2D eigenvalue weighted by atomic mass is 10.0. The Kier molecular flexibility index (Phi) is 11.2. The molecule has 3 nitrogen and oxygen atoms in total.